The van der Waals surface area contributed by atoms with E-state index in [1.807, 2.05) is 31.1 Å². The van der Waals surface area contributed by atoms with Crippen LogP contribution in [0.4, 0.5) is 10.1 Å². The number of hydrogen-bond acceptors (Lipinski definition) is 2. The van der Waals surface area contributed by atoms with Gasteiger partial charge in [0.25, 0.3) is 0 Å². The Hall–Kier alpha value is -2.04. The summed E-state index contributed by atoms with van der Waals surface area (Å²) in [6.45, 7) is 0. The smallest absolute Gasteiger partial charge is 0.302 e. The van der Waals surface area contributed by atoms with Crippen LogP contribution in [-0.2, 0) is 7.05 Å². The molecule has 2 aromatic rings. The third kappa shape index (κ3) is 1.95. The number of nitrogens with one attached hydrogen (secondary N) is 1. The van der Waals surface area contributed by atoms with E-state index in [9.17, 15) is 9.18 Å². The Morgan fingerprint density at radius 3 is 2.24 bits per heavy atom. The van der Waals surface area contributed by atoms with Gasteiger partial charge in [0, 0.05) is 32.4 Å². The number of aromatic amines is 1. The molecule has 0 saturated carbocycles. The molecule has 5 heteroatoms. The average molecular weight is 235 g/mol. The number of anilines is 1. The highest BCUT2D eigenvalue weighted by Crippen LogP contribution is 2.21. The van der Waals surface area contributed by atoms with Crippen LogP contribution in [-0.4, -0.2) is 23.9 Å². The van der Waals surface area contributed by atoms with Crippen LogP contribution >= 0.6 is 0 Å². The maximum Gasteiger partial charge on any atom is 0.302 e. The third-order valence-electron chi connectivity index (χ3n) is 2.66. The summed E-state index contributed by atoms with van der Waals surface area (Å²) >= 11 is 0. The van der Waals surface area contributed by atoms with Crippen molar-refractivity contribution in [3.05, 3.63) is 40.4 Å². The Labute approximate surface area is 98.3 Å². The number of benzene rings is 1. The van der Waals surface area contributed by atoms with E-state index in [2.05, 4.69) is 5.10 Å². The van der Waals surface area contributed by atoms with Gasteiger partial charge in [0.05, 0.1) is 0 Å². The molecule has 0 aliphatic rings. The second-order valence-electron chi connectivity index (χ2n) is 4.11. The minimum atomic E-state index is -0.745. The molecule has 0 saturated heterocycles. The van der Waals surface area contributed by atoms with Crippen molar-refractivity contribution in [3.8, 4) is 11.3 Å². The quantitative estimate of drug-likeness (QED) is 0.858. The fourth-order valence-corrected chi connectivity index (χ4v) is 1.64. The predicted molar refractivity (Wildman–Crippen MR) is 65.8 cm³/mol. The Bertz CT molecular complexity index is 581. The van der Waals surface area contributed by atoms with Gasteiger partial charge in [-0.1, -0.05) is 12.1 Å². The lowest BCUT2D eigenvalue weighted by Gasteiger charge is -2.12. The lowest BCUT2D eigenvalue weighted by atomic mass is 10.1. The van der Waals surface area contributed by atoms with Crippen LogP contribution in [0.25, 0.3) is 11.3 Å². The molecule has 0 aliphatic heterocycles. The van der Waals surface area contributed by atoms with Gasteiger partial charge in [0.2, 0.25) is 5.82 Å². The van der Waals surface area contributed by atoms with E-state index in [1.54, 1.807) is 12.1 Å². The molecule has 1 N–H and O–H groups in total. The SMILES string of the molecule is CN(C)c1ccc(-c2[nH]n(C)c(=O)c2F)cc1. The van der Waals surface area contributed by atoms with Gasteiger partial charge in [0.1, 0.15) is 5.69 Å². The Balaban J connectivity index is 2.47. The highest BCUT2D eigenvalue weighted by molar-refractivity contribution is 5.63. The molecule has 1 aromatic carbocycles. The molecule has 1 aromatic heterocycles. The van der Waals surface area contributed by atoms with Gasteiger partial charge in [-0.25, -0.2) is 0 Å². The Morgan fingerprint density at radius 1 is 1.24 bits per heavy atom. The first-order valence-electron chi connectivity index (χ1n) is 5.23. The van der Waals surface area contributed by atoms with Crippen molar-refractivity contribution in [2.75, 3.05) is 19.0 Å². The van der Waals surface area contributed by atoms with Crippen LogP contribution < -0.4 is 10.5 Å². The maximum absolute atomic E-state index is 13.6. The molecule has 90 valence electrons. The number of H-pyrrole nitrogens is 1. The van der Waals surface area contributed by atoms with E-state index in [-0.39, 0.29) is 5.69 Å². The largest absolute Gasteiger partial charge is 0.378 e. The van der Waals surface area contributed by atoms with Crippen molar-refractivity contribution in [2.24, 2.45) is 7.05 Å². The monoisotopic (exact) mass is 235 g/mol. The minimum Gasteiger partial charge on any atom is -0.378 e. The van der Waals surface area contributed by atoms with Crippen molar-refractivity contribution < 1.29 is 4.39 Å². The molecule has 0 radical (unpaired) electrons. The zero-order valence-corrected chi connectivity index (χ0v) is 9.99. The van der Waals surface area contributed by atoms with Crippen molar-refractivity contribution >= 4 is 5.69 Å². The number of rotatable bonds is 2. The highest BCUT2D eigenvalue weighted by Gasteiger charge is 2.13. The third-order valence-corrected chi connectivity index (χ3v) is 2.66. The summed E-state index contributed by atoms with van der Waals surface area (Å²) in [7, 11) is 5.35. The molecule has 1 heterocycles. The normalized spacial score (nSPS) is 10.6. The number of aryl methyl sites for hydroxylation is 1. The van der Waals surface area contributed by atoms with Gasteiger partial charge in [-0.15, -0.1) is 0 Å². The molecule has 2 rings (SSSR count). The maximum atomic E-state index is 13.6. The van der Waals surface area contributed by atoms with Gasteiger partial charge >= 0.3 is 5.56 Å². The van der Waals surface area contributed by atoms with Gasteiger partial charge in [-0.05, 0) is 12.1 Å². The van der Waals surface area contributed by atoms with E-state index in [4.69, 9.17) is 0 Å². The van der Waals surface area contributed by atoms with E-state index in [1.165, 1.54) is 7.05 Å². The molecule has 0 bridgehead atoms. The Kier molecular flexibility index (Phi) is 2.75. The Morgan fingerprint density at radius 2 is 1.82 bits per heavy atom. The molecule has 0 spiro atoms. The van der Waals surface area contributed by atoms with Crippen LogP contribution in [0.5, 0.6) is 0 Å². The van der Waals surface area contributed by atoms with Crippen molar-refractivity contribution in [1.82, 2.24) is 9.78 Å². The second kappa shape index (κ2) is 4.08. The van der Waals surface area contributed by atoms with Crippen LogP contribution in [0, 0.1) is 5.82 Å². The van der Waals surface area contributed by atoms with Crippen LogP contribution in [0.3, 0.4) is 0 Å². The van der Waals surface area contributed by atoms with Gasteiger partial charge < -0.3 is 4.90 Å². The van der Waals surface area contributed by atoms with E-state index in [0.29, 0.717) is 5.56 Å². The van der Waals surface area contributed by atoms with E-state index >= 15 is 0 Å². The molecule has 0 unspecified atom stereocenters. The number of halogens is 1. The van der Waals surface area contributed by atoms with Gasteiger partial charge in [0.15, 0.2) is 0 Å². The minimum absolute atomic E-state index is 0.225. The van der Waals surface area contributed by atoms with E-state index in [0.717, 1.165) is 10.4 Å². The van der Waals surface area contributed by atoms with Crippen molar-refractivity contribution in [1.29, 1.82) is 0 Å². The van der Waals surface area contributed by atoms with Crippen molar-refractivity contribution in [3.63, 3.8) is 0 Å². The molecule has 0 amide bonds. The van der Waals surface area contributed by atoms with Crippen LogP contribution in [0.15, 0.2) is 29.1 Å². The van der Waals surface area contributed by atoms with Crippen LogP contribution in [0.2, 0.25) is 0 Å². The fraction of sp³-hybridized carbons (Fsp3) is 0.250. The number of nitrogens with zero attached hydrogens (tertiary/aromatic N) is 2. The summed E-state index contributed by atoms with van der Waals surface area (Å²) in [5.41, 5.74) is 1.26. The topological polar surface area (TPSA) is 41.0 Å². The first-order valence-corrected chi connectivity index (χ1v) is 5.23. The summed E-state index contributed by atoms with van der Waals surface area (Å²) in [6, 6.07) is 7.31. The predicted octanol–water partition coefficient (Wildman–Crippen LogP) is 1.59. The van der Waals surface area contributed by atoms with E-state index < -0.39 is 11.4 Å². The second-order valence-corrected chi connectivity index (χ2v) is 4.11. The first kappa shape index (κ1) is 11.4. The number of aromatic nitrogens is 2. The zero-order valence-electron chi connectivity index (χ0n) is 9.99. The lowest BCUT2D eigenvalue weighted by Crippen LogP contribution is -2.13. The summed E-state index contributed by atoms with van der Waals surface area (Å²) in [6.07, 6.45) is 0. The summed E-state index contributed by atoms with van der Waals surface area (Å²) in [5.74, 6) is -0.745. The average Bonchev–Trinajstić information content (AvgIpc) is 2.57. The standard InChI is InChI=1S/C12H14FN3O/c1-15(2)9-6-4-8(5-7-9)11-10(13)12(17)16(3)14-11/h4-7,14H,1-3H3. The zero-order chi connectivity index (χ0) is 12.6. The molecule has 0 atom stereocenters. The van der Waals surface area contributed by atoms with Crippen molar-refractivity contribution in [2.45, 2.75) is 0 Å². The van der Waals surface area contributed by atoms with Gasteiger partial charge in [-0.3, -0.25) is 14.6 Å². The molecule has 4 nitrogen and oxygen atoms in total. The summed E-state index contributed by atoms with van der Waals surface area (Å²) < 4.78 is 14.7. The molecular weight excluding hydrogens is 221 g/mol. The highest BCUT2D eigenvalue weighted by atomic mass is 19.1. The lowest BCUT2D eigenvalue weighted by molar-refractivity contribution is 0.611. The molecule has 0 fully saturated rings. The van der Waals surface area contributed by atoms with Gasteiger partial charge in [-0.2, -0.15) is 4.39 Å². The fourth-order valence-electron chi connectivity index (χ4n) is 1.64. The molecule has 17 heavy (non-hydrogen) atoms. The summed E-state index contributed by atoms with van der Waals surface area (Å²) in [4.78, 5) is 13.2. The molecule has 0 aliphatic carbocycles. The summed E-state index contributed by atoms with van der Waals surface area (Å²) in [5, 5.41) is 2.69. The molecular formula is C12H14FN3O. The first-order chi connectivity index (χ1) is 8.00. The van der Waals surface area contributed by atoms with Crippen LogP contribution in [0.1, 0.15) is 0 Å². The number of hydrogen-bond donors (Lipinski definition) is 1.